The number of benzene rings is 1. The zero-order valence-electron chi connectivity index (χ0n) is 28.2. The molecule has 1 saturated heterocycles. The Bertz CT molecular complexity index is 1550. The van der Waals surface area contributed by atoms with E-state index in [0.717, 1.165) is 11.6 Å². The van der Waals surface area contributed by atoms with Crippen LogP contribution >= 0.6 is 0 Å². The number of amides is 2. The summed E-state index contributed by atoms with van der Waals surface area (Å²) in [7, 11) is 3.04. The van der Waals surface area contributed by atoms with Crippen LogP contribution in [-0.4, -0.2) is 83.9 Å². The third-order valence-corrected chi connectivity index (χ3v) is 7.92. The minimum absolute atomic E-state index is 0.138. The van der Waals surface area contributed by atoms with Crippen molar-refractivity contribution in [2.75, 3.05) is 32.7 Å². The van der Waals surface area contributed by atoms with Crippen molar-refractivity contribution in [3.63, 3.8) is 0 Å². The number of hydrogen-bond donors (Lipinski definition) is 2. The number of anilines is 1. The minimum atomic E-state index is -1.36. The maximum Gasteiger partial charge on any atom is 0.330 e. The van der Waals surface area contributed by atoms with E-state index in [1.54, 1.807) is 24.3 Å². The molecule has 0 bridgehead atoms. The number of aliphatic carboxylic acids is 1. The largest absolute Gasteiger partial charge is 0.493 e. The maximum absolute atomic E-state index is 13.8. The SMILES string of the molecule is C=CC(=O)OCC(C)(C)C(=O)C(=O)N1CCCC[C@H]1C(=O)OC(CCc1ccc(OC)c(OC)c1)c1cccc(NC(=O)CCC(=O)O)n1. The van der Waals surface area contributed by atoms with Crippen molar-refractivity contribution in [2.45, 2.75) is 70.9 Å². The zero-order chi connectivity index (χ0) is 36.1. The highest BCUT2D eigenvalue weighted by Gasteiger charge is 2.42. The molecule has 14 nitrogen and oxygen atoms in total. The molecule has 264 valence electrons. The second-order valence-corrected chi connectivity index (χ2v) is 12.1. The van der Waals surface area contributed by atoms with Gasteiger partial charge in [-0.05, 0) is 75.8 Å². The number of esters is 2. The van der Waals surface area contributed by atoms with Gasteiger partial charge in [0.05, 0.1) is 31.7 Å². The molecule has 2 heterocycles. The second kappa shape index (κ2) is 17.8. The van der Waals surface area contributed by atoms with Crippen molar-refractivity contribution in [3.05, 3.63) is 60.3 Å². The number of rotatable bonds is 17. The Morgan fingerprint density at radius 3 is 2.47 bits per heavy atom. The number of hydrogen-bond acceptors (Lipinski definition) is 11. The van der Waals surface area contributed by atoms with Gasteiger partial charge in [0.15, 0.2) is 11.5 Å². The summed E-state index contributed by atoms with van der Waals surface area (Å²) in [5, 5.41) is 11.5. The molecule has 1 aromatic heterocycles. The highest BCUT2D eigenvalue weighted by molar-refractivity contribution is 6.38. The van der Waals surface area contributed by atoms with Gasteiger partial charge in [0.1, 0.15) is 24.6 Å². The van der Waals surface area contributed by atoms with Gasteiger partial charge in [0, 0.05) is 19.0 Å². The predicted octanol–water partition coefficient (Wildman–Crippen LogP) is 3.82. The highest BCUT2D eigenvalue weighted by atomic mass is 16.5. The van der Waals surface area contributed by atoms with Gasteiger partial charge in [-0.3, -0.25) is 19.2 Å². The third kappa shape index (κ3) is 10.9. The number of piperidine rings is 1. The summed E-state index contributed by atoms with van der Waals surface area (Å²) in [5.41, 5.74) is -0.209. The third-order valence-electron chi connectivity index (χ3n) is 7.92. The van der Waals surface area contributed by atoms with Crippen LogP contribution in [0.1, 0.15) is 69.7 Å². The van der Waals surface area contributed by atoms with Crippen LogP contribution in [0.2, 0.25) is 0 Å². The molecule has 0 saturated carbocycles. The first-order valence-electron chi connectivity index (χ1n) is 15.8. The smallest absolute Gasteiger partial charge is 0.330 e. The molecule has 1 aliphatic heterocycles. The normalized spacial score (nSPS) is 14.9. The number of likely N-dealkylation sites (tertiary alicyclic amines) is 1. The van der Waals surface area contributed by atoms with Gasteiger partial charge in [0.25, 0.3) is 5.91 Å². The fourth-order valence-corrected chi connectivity index (χ4v) is 5.16. The molecule has 2 atom stereocenters. The summed E-state index contributed by atoms with van der Waals surface area (Å²) in [6, 6.07) is 9.10. The molecule has 14 heteroatoms. The standard InChI is InChI=1S/C35H43N3O11/c1-6-31(42)48-21-35(2,3)32(43)33(44)38-19-8-7-11-24(38)34(45)49-25(15-13-22-14-16-26(46-4)27(20-22)47-5)23-10-9-12-28(36-23)37-29(39)17-18-30(40)41/h6,9-10,12,14,16,20,24-25H,1,7-8,11,13,15,17-19,21H2,2-5H3,(H,40,41)(H,36,37,39)/t24-,25?/m0/s1. The lowest BCUT2D eigenvalue weighted by Crippen LogP contribution is -2.53. The van der Waals surface area contributed by atoms with Crippen LogP contribution < -0.4 is 14.8 Å². The number of aryl methyl sites for hydroxylation is 1. The summed E-state index contributed by atoms with van der Waals surface area (Å²) in [6.07, 6.45) is 1.50. The Labute approximate surface area is 284 Å². The minimum Gasteiger partial charge on any atom is -0.493 e. The van der Waals surface area contributed by atoms with E-state index in [0.29, 0.717) is 36.5 Å². The van der Waals surface area contributed by atoms with Gasteiger partial charge in [-0.2, -0.15) is 0 Å². The number of Topliss-reactive ketones (excluding diaryl/α,β-unsaturated/α-hetero) is 1. The summed E-state index contributed by atoms with van der Waals surface area (Å²) in [6.45, 7) is 6.08. The monoisotopic (exact) mass is 681 g/mol. The van der Waals surface area contributed by atoms with Gasteiger partial charge in [-0.25, -0.2) is 14.6 Å². The van der Waals surface area contributed by atoms with E-state index >= 15 is 0 Å². The van der Waals surface area contributed by atoms with Crippen molar-refractivity contribution < 1.29 is 52.8 Å². The van der Waals surface area contributed by atoms with E-state index in [-0.39, 0.29) is 44.7 Å². The lowest BCUT2D eigenvalue weighted by atomic mass is 9.87. The zero-order valence-corrected chi connectivity index (χ0v) is 28.2. The predicted molar refractivity (Wildman–Crippen MR) is 176 cm³/mol. The molecule has 2 aromatic rings. The first-order valence-corrected chi connectivity index (χ1v) is 15.8. The molecule has 2 N–H and O–H groups in total. The van der Waals surface area contributed by atoms with Crippen molar-refractivity contribution in [1.29, 1.82) is 0 Å². The van der Waals surface area contributed by atoms with Gasteiger partial charge < -0.3 is 34.3 Å². The van der Waals surface area contributed by atoms with Crippen molar-refractivity contribution in [2.24, 2.45) is 5.41 Å². The molecule has 1 aromatic carbocycles. The molecular weight excluding hydrogens is 638 g/mol. The number of carboxylic acids is 1. The molecular formula is C35H43N3O11. The quantitative estimate of drug-likeness (QED) is 0.140. The Hall–Kier alpha value is -5.27. The number of nitrogens with zero attached hydrogens (tertiary/aromatic N) is 2. The van der Waals surface area contributed by atoms with Crippen LogP contribution in [0.15, 0.2) is 49.1 Å². The van der Waals surface area contributed by atoms with Crippen molar-refractivity contribution >= 4 is 41.3 Å². The number of nitrogens with one attached hydrogen (secondary N) is 1. The number of carbonyl (C=O) groups excluding carboxylic acids is 5. The number of carboxylic acid groups (broad SMARTS) is 1. The number of pyridine rings is 1. The van der Waals surface area contributed by atoms with Crippen LogP contribution in [0, 0.1) is 5.41 Å². The summed E-state index contributed by atoms with van der Waals surface area (Å²) < 4.78 is 21.8. The molecule has 0 spiro atoms. The Morgan fingerprint density at radius 2 is 1.80 bits per heavy atom. The molecule has 1 fully saturated rings. The molecule has 1 aliphatic rings. The lowest BCUT2D eigenvalue weighted by Gasteiger charge is -2.36. The first-order chi connectivity index (χ1) is 23.3. The van der Waals surface area contributed by atoms with Crippen molar-refractivity contribution in [3.8, 4) is 11.5 Å². The van der Waals surface area contributed by atoms with E-state index in [4.69, 9.17) is 24.1 Å². The number of aromatic nitrogens is 1. The second-order valence-electron chi connectivity index (χ2n) is 12.1. The van der Waals surface area contributed by atoms with Gasteiger partial charge in [-0.15, -0.1) is 0 Å². The fourth-order valence-electron chi connectivity index (χ4n) is 5.16. The first kappa shape index (κ1) is 38.2. The van der Waals surface area contributed by atoms with E-state index in [1.165, 1.54) is 39.0 Å². The fraction of sp³-hybridized carbons (Fsp3) is 0.457. The van der Waals surface area contributed by atoms with Gasteiger partial charge in [0.2, 0.25) is 11.7 Å². The van der Waals surface area contributed by atoms with Gasteiger partial charge >= 0.3 is 17.9 Å². The van der Waals surface area contributed by atoms with Crippen LogP contribution in [-0.2, 0) is 44.7 Å². The number of methoxy groups -OCH3 is 2. The van der Waals surface area contributed by atoms with Gasteiger partial charge in [-0.1, -0.05) is 18.7 Å². The summed E-state index contributed by atoms with van der Waals surface area (Å²) in [5.74, 6) is -3.63. The van der Waals surface area contributed by atoms with Crippen LogP contribution in [0.4, 0.5) is 5.82 Å². The van der Waals surface area contributed by atoms with Crippen molar-refractivity contribution in [1.82, 2.24) is 9.88 Å². The lowest BCUT2D eigenvalue weighted by molar-refractivity contribution is -0.165. The Balaban J connectivity index is 1.86. The molecule has 3 rings (SSSR count). The van der Waals surface area contributed by atoms with Crippen LogP contribution in [0.25, 0.3) is 0 Å². The average molecular weight is 682 g/mol. The average Bonchev–Trinajstić information content (AvgIpc) is 3.10. The maximum atomic E-state index is 13.8. The van der Waals surface area contributed by atoms with E-state index in [1.807, 2.05) is 6.07 Å². The van der Waals surface area contributed by atoms with E-state index < -0.39 is 53.1 Å². The summed E-state index contributed by atoms with van der Waals surface area (Å²) in [4.78, 5) is 81.1. The molecule has 0 radical (unpaired) electrons. The number of carbonyl (C=O) groups is 6. The topological polar surface area (TPSA) is 188 Å². The molecule has 2 amide bonds. The molecule has 1 unspecified atom stereocenters. The summed E-state index contributed by atoms with van der Waals surface area (Å²) >= 11 is 0. The molecule has 0 aliphatic carbocycles. The van der Waals surface area contributed by atoms with E-state index in [2.05, 4.69) is 16.9 Å². The Morgan fingerprint density at radius 1 is 1.06 bits per heavy atom. The van der Waals surface area contributed by atoms with Crippen LogP contribution in [0.5, 0.6) is 11.5 Å². The van der Waals surface area contributed by atoms with Crippen LogP contribution in [0.3, 0.4) is 0 Å². The number of ether oxygens (including phenoxy) is 4. The number of ketones is 1. The Kier molecular flexibility index (Phi) is 13.8. The molecule has 49 heavy (non-hydrogen) atoms. The highest BCUT2D eigenvalue weighted by Crippen LogP contribution is 2.31. The van der Waals surface area contributed by atoms with E-state index in [9.17, 15) is 28.8 Å².